The van der Waals surface area contributed by atoms with Crippen LogP contribution < -0.4 is 10.5 Å². The van der Waals surface area contributed by atoms with E-state index in [-0.39, 0.29) is 5.54 Å². The SMILES string of the molecule is COc1c(CC2(N)CC2)cc(Br)cc1C(C)C. The van der Waals surface area contributed by atoms with E-state index in [0.717, 1.165) is 29.5 Å². The van der Waals surface area contributed by atoms with Crippen molar-refractivity contribution in [3.8, 4) is 5.75 Å². The van der Waals surface area contributed by atoms with Crippen molar-refractivity contribution < 1.29 is 4.74 Å². The van der Waals surface area contributed by atoms with E-state index in [1.54, 1.807) is 7.11 Å². The number of ether oxygens (including phenoxy) is 1. The average Bonchev–Trinajstić information content (AvgIpc) is 2.95. The summed E-state index contributed by atoms with van der Waals surface area (Å²) in [5, 5.41) is 0. The summed E-state index contributed by atoms with van der Waals surface area (Å²) >= 11 is 3.58. The third-order valence-corrected chi connectivity index (χ3v) is 3.88. The molecule has 1 aliphatic carbocycles. The molecule has 0 unspecified atom stereocenters. The molecule has 1 fully saturated rings. The fourth-order valence-corrected chi connectivity index (χ4v) is 2.72. The van der Waals surface area contributed by atoms with E-state index in [9.17, 15) is 0 Å². The van der Waals surface area contributed by atoms with Gasteiger partial charge in [0.25, 0.3) is 0 Å². The van der Waals surface area contributed by atoms with Crippen LogP contribution in [0, 0.1) is 0 Å². The molecule has 0 radical (unpaired) electrons. The number of hydrogen-bond donors (Lipinski definition) is 1. The number of nitrogens with two attached hydrogens (primary N) is 1. The molecule has 2 rings (SSSR count). The second kappa shape index (κ2) is 4.62. The van der Waals surface area contributed by atoms with Gasteiger partial charge in [-0.15, -0.1) is 0 Å². The first-order chi connectivity index (χ1) is 7.95. The second-order valence-electron chi connectivity index (χ2n) is 5.38. The van der Waals surface area contributed by atoms with Crippen molar-refractivity contribution >= 4 is 15.9 Å². The Bertz CT molecular complexity index is 424. The van der Waals surface area contributed by atoms with Crippen molar-refractivity contribution in [3.05, 3.63) is 27.7 Å². The Morgan fingerprint density at radius 2 is 2.06 bits per heavy atom. The molecule has 0 heterocycles. The summed E-state index contributed by atoms with van der Waals surface area (Å²) in [4.78, 5) is 0. The molecule has 2 nitrogen and oxygen atoms in total. The Morgan fingerprint density at radius 1 is 1.41 bits per heavy atom. The average molecular weight is 298 g/mol. The maximum atomic E-state index is 6.21. The van der Waals surface area contributed by atoms with Gasteiger partial charge in [-0.3, -0.25) is 0 Å². The number of benzene rings is 1. The standard InChI is InChI=1S/C14H20BrNO/c1-9(2)12-7-11(15)6-10(13(12)17-3)8-14(16)4-5-14/h6-7,9H,4-5,8,16H2,1-3H3. The topological polar surface area (TPSA) is 35.2 Å². The first-order valence-electron chi connectivity index (χ1n) is 6.10. The molecule has 0 atom stereocenters. The van der Waals surface area contributed by atoms with Gasteiger partial charge in [-0.1, -0.05) is 29.8 Å². The van der Waals surface area contributed by atoms with Gasteiger partial charge in [0.2, 0.25) is 0 Å². The van der Waals surface area contributed by atoms with Crippen LogP contribution in [-0.4, -0.2) is 12.6 Å². The summed E-state index contributed by atoms with van der Waals surface area (Å²) in [6.07, 6.45) is 3.16. The number of hydrogen-bond acceptors (Lipinski definition) is 2. The van der Waals surface area contributed by atoms with Gasteiger partial charge in [0.05, 0.1) is 7.11 Å². The highest BCUT2D eigenvalue weighted by Gasteiger charge is 2.39. The van der Waals surface area contributed by atoms with Gasteiger partial charge in [0.15, 0.2) is 0 Å². The molecule has 0 bridgehead atoms. The van der Waals surface area contributed by atoms with Gasteiger partial charge in [0.1, 0.15) is 5.75 Å². The van der Waals surface area contributed by atoms with Gasteiger partial charge in [0, 0.05) is 10.0 Å². The van der Waals surface area contributed by atoms with Crippen molar-refractivity contribution in [1.29, 1.82) is 0 Å². The third kappa shape index (κ3) is 2.83. The van der Waals surface area contributed by atoms with E-state index < -0.39 is 0 Å². The van der Waals surface area contributed by atoms with Crippen LogP contribution in [0.15, 0.2) is 16.6 Å². The number of rotatable bonds is 4. The van der Waals surface area contributed by atoms with E-state index in [1.807, 2.05) is 0 Å². The zero-order valence-corrected chi connectivity index (χ0v) is 12.3. The summed E-state index contributed by atoms with van der Waals surface area (Å²) in [6, 6.07) is 4.28. The molecular weight excluding hydrogens is 278 g/mol. The molecule has 0 aliphatic heterocycles. The van der Waals surface area contributed by atoms with Gasteiger partial charge >= 0.3 is 0 Å². The molecule has 17 heavy (non-hydrogen) atoms. The van der Waals surface area contributed by atoms with Gasteiger partial charge in [-0.25, -0.2) is 0 Å². The van der Waals surface area contributed by atoms with Crippen LogP contribution in [0.1, 0.15) is 43.7 Å². The van der Waals surface area contributed by atoms with Gasteiger partial charge < -0.3 is 10.5 Å². The molecule has 1 aromatic carbocycles. The van der Waals surface area contributed by atoms with Crippen molar-refractivity contribution in [2.75, 3.05) is 7.11 Å². The maximum Gasteiger partial charge on any atom is 0.125 e. The fraction of sp³-hybridized carbons (Fsp3) is 0.571. The molecule has 0 spiro atoms. The van der Waals surface area contributed by atoms with E-state index in [2.05, 4.69) is 41.9 Å². The second-order valence-corrected chi connectivity index (χ2v) is 6.30. The van der Waals surface area contributed by atoms with Gasteiger partial charge in [-0.05, 0) is 48.4 Å². The predicted octanol–water partition coefficient (Wildman–Crippen LogP) is 3.61. The van der Waals surface area contributed by atoms with Crippen molar-refractivity contribution in [3.63, 3.8) is 0 Å². The van der Waals surface area contributed by atoms with E-state index in [4.69, 9.17) is 10.5 Å². The van der Waals surface area contributed by atoms with Crippen molar-refractivity contribution in [1.82, 2.24) is 0 Å². The van der Waals surface area contributed by atoms with E-state index in [1.165, 1.54) is 11.1 Å². The summed E-state index contributed by atoms with van der Waals surface area (Å²) < 4.78 is 6.70. The van der Waals surface area contributed by atoms with Gasteiger partial charge in [-0.2, -0.15) is 0 Å². The number of halogens is 1. The zero-order valence-electron chi connectivity index (χ0n) is 10.7. The Morgan fingerprint density at radius 3 is 2.53 bits per heavy atom. The van der Waals surface area contributed by atoms with Crippen LogP contribution in [0.25, 0.3) is 0 Å². The van der Waals surface area contributed by atoms with Crippen molar-refractivity contribution in [2.24, 2.45) is 5.73 Å². The number of methoxy groups -OCH3 is 1. The molecule has 1 saturated carbocycles. The fourth-order valence-electron chi connectivity index (χ4n) is 2.20. The predicted molar refractivity (Wildman–Crippen MR) is 74.6 cm³/mol. The van der Waals surface area contributed by atoms with Crippen LogP contribution in [0.5, 0.6) is 5.75 Å². The molecule has 94 valence electrons. The molecule has 1 aliphatic rings. The lowest BCUT2D eigenvalue weighted by atomic mass is 9.95. The lowest BCUT2D eigenvalue weighted by Crippen LogP contribution is -2.25. The molecule has 0 aromatic heterocycles. The summed E-state index contributed by atoms with van der Waals surface area (Å²) in [6.45, 7) is 4.37. The zero-order chi connectivity index (χ0) is 12.6. The van der Waals surface area contributed by atoms with Crippen LogP contribution in [0.4, 0.5) is 0 Å². The highest BCUT2D eigenvalue weighted by Crippen LogP contribution is 2.41. The minimum atomic E-state index is 0.0162. The van der Waals surface area contributed by atoms with Crippen LogP contribution in [0.3, 0.4) is 0 Å². The molecule has 2 N–H and O–H groups in total. The van der Waals surface area contributed by atoms with Crippen LogP contribution in [0.2, 0.25) is 0 Å². The smallest absolute Gasteiger partial charge is 0.125 e. The Balaban J connectivity index is 2.41. The lowest BCUT2D eigenvalue weighted by Gasteiger charge is -2.19. The maximum absolute atomic E-state index is 6.21. The lowest BCUT2D eigenvalue weighted by molar-refractivity contribution is 0.400. The monoisotopic (exact) mass is 297 g/mol. The molecule has 1 aromatic rings. The normalized spacial score (nSPS) is 17.3. The first kappa shape index (κ1) is 12.9. The highest BCUT2D eigenvalue weighted by molar-refractivity contribution is 9.10. The summed E-state index contributed by atoms with van der Waals surface area (Å²) in [5.74, 6) is 1.47. The summed E-state index contributed by atoms with van der Waals surface area (Å²) in [5.41, 5.74) is 8.70. The molecule has 3 heteroatoms. The molecule has 0 amide bonds. The largest absolute Gasteiger partial charge is 0.496 e. The van der Waals surface area contributed by atoms with Crippen LogP contribution in [-0.2, 0) is 6.42 Å². The summed E-state index contributed by atoms with van der Waals surface area (Å²) in [7, 11) is 1.74. The van der Waals surface area contributed by atoms with Crippen molar-refractivity contribution in [2.45, 2.75) is 44.6 Å². The Hall–Kier alpha value is -0.540. The minimum absolute atomic E-state index is 0.0162. The Labute approximate surface area is 112 Å². The Kier molecular flexibility index (Phi) is 3.50. The van der Waals surface area contributed by atoms with Crippen LogP contribution >= 0.6 is 15.9 Å². The first-order valence-corrected chi connectivity index (χ1v) is 6.90. The molecule has 0 saturated heterocycles. The third-order valence-electron chi connectivity index (χ3n) is 3.42. The quantitative estimate of drug-likeness (QED) is 0.921. The highest BCUT2D eigenvalue weighted by atomic mass is 79.9. The molecular formula is C14H20BrNO. The van der Waals surface area contributed by atoms with E-state index in [0.29, 0.717) is 5.92 Å². The minimum Gasteiger partial charge on any atom is -0.496 e. The van der Waals surface area contributed by atoms with E-state index >= 15 is 0 Å².